The summed E-state index contributed by atoms with van der Waals surface area (Å²) in [5.41, 5.74) is 0.0395. The summed E-state index contributed by atoms with van der Waals surface area (Å²) in [4.78, 5) is 30.2. The van der Waals surface area contributed by atoms with Crippen LogP contribution in [0.15, 0.2) is 35.4 Å². The molecule has 24 heavy (non-hydrogen) atoms. The fraction of sp³-hybridized carbons (Fsp3) is 0.267. The van der Waals surface area contributed by atoms with Crippen molar-refractivity contribution in [3.8, 4) is 0 Å². The zero-order chi connectivity index (χ0) is 17.5. The van der Waals surface area contributed by atoms with E-state index in [1.165, 1.54) is 23.5 Å². The average molecular weight is 365 g/mol. The van der Waals surface area contributed by atoms with E-state index in [0.29, 0.717) is 5.13 Å². The lowest BCUT2D eigenvalue weighted by Crippen LogP contribution is -2.54. The minimum absolute atomic E-state index is 0.0113. The van der Waals surface area contributed by atoms with Crippen LogP contribution in [0.2, 0.25) is 0 Å². The number of aromatic nitrogens is 1. The van der Waals surface area contributed by atoms with Crippen LogP contribution in [0.3, 0.4) is 0 Å². The van der Waals surface area contributed by atoms with Gasteiger partial charge in [-0.2, -0.15) is 4.31 Å². The van der Waals surface area contributed by atoms with Crippen LogP contribution in [0.1, 0.15) is 22.2 Å². The van der Waals surface area contributed by atoms with E-state index in [9.17, 15) is 18.0 Å². The molecule has 0 radical (unpaired) electrons. The molecule has 1 amide bonds. The summed E-state index contributed by atoms with van der Waals surface area (Å²) in [6, 6.07) is 4.50. The number of hydrogen-bond donors (Lipinski definition) is 1. The highest BCUT2D eigenvalue weighted by molar-refractivity contribution is 7.89. The normalized spacial score (nSPS) is 19.8. The third-order valence-corrected chi connectivity index (χ3v) is 6.51. The van der Waals surface area contributed by atoms with Gasteiger partial charge in [-0.3, -0.25) is 9.59 Å². The number of carbonyl (C=O) groups is 2. The lowest BCUT2D eigenvalue weighted by molar-refractivity contribution is -0.118. The Bertz CT molecular complexity index is 920. The van der Waals surface area contributed by atoms with Crippen molar-refractivity contribution in [1.29, 1.82) is 0 Å². The maximum absolute atomic E-state index is 12.7. The van der Waals surface area contributed by atoms with E-state index in [1.54, 1.807) is 25.3 Å². The Morgan fingerprint density at radius 2 is 2.08 bits per heavy atom. The molecule has 0 saturated carbocycles. The van der Waals surface area contributed by atoms with Gasteiger partial charge in [-0.05, 0) is 19.1 Å². The third-order valence-electron chi connectivity index (χ3n) is 3.69. The van der Waals surface area contributed by atoms with Crippen LogP contribution in [0.5, 0.6) is 0 Å². The number of fused-ring (bicyclic) bond motifs is 1. The Balaban J connectivity index is 2.03. The number of nitrogens with zero attached hydrogens (tertiary/aromatic N) is 2. The molecule has 1 atom stereocenters. The lowest BCUT2D eigenvalue weighted by Gasteiger charge is -2.32. The topological polar surface area (TPSA) is 96.4 Å². The van der Waals surface area contributed by atoms with Crippen molar-refractivity contribution in [3.05, 3.63) is 40.9 Å². The van der Waals surface area contributed by atoms with Crippen LogP contribution in [-0.4, -0.2) is 42.0 Å². The first-order valence-corrected chi connectivity index (χ1v) is 9.50. The first-order valence-electron chi connectivity index (χ1n) is 7.24. The highest BCUT2D eigenvalue weighted by Gasteiger charge is 2.46. The van der Waals surface area contributed by atoms with Gasteiger partial charge in [-0.1, -0.05) is 19.1 Å². The van der Waals surface area contributed by atoms with Crippen molar-refractivity contribution >= 4 is 38.2 Å². The van der Waals surface area contributed by atoms with Gasteiger partial charge in [0.25, 0.3) is 5.91 Å². The molecule has 0 fully saturated rings. The molecule has 1 aliphatic rings. The highest BCUT2D eigenvalue weighted by atomic mass is 32.2. The Labute approximate surface area is 143 Å². The summed E-state index contributed by atoms with van der Waals surface area (Å²) in [5, 5.41) is 2.87. The summed E-state index contributed by atoms with van der Waals surface area (Å²) >= 11 is 1.25. The van der Waals surface area contributed by atoms with Gasteiger partial charge in [-0.25, -0.2) is 13.4 Å². The molecule has 1 aliphatic heterocycles. The van der Waals surface area contributed by atoms with E-state index >= 15 is 0 Å². The summed E-state index contributed by atoms with van der Waals surface area (Å²) in [5.74, 6) is -1.23. The van der Waals surface area contributed by atoms with E-state index in [0.717, 1.165) is 9.18 Å². The molecule has 0 bridgehead atoms. The molecule has 2 heterocycles. The van der Waals surface area contributed by atoms with Gasteiger partial charge in [-0.15, -0.1) is 11.3 Å². The number of Topliss-reactive ketones (excluding diaryl/α,β-unsaturated/α-hetero) is 1. The van der Waals surface area contributed by atoms with E-state index in [-0.39, 0.29) is 17.0 Å². The van der Waals surface area contributed by atoms with Crippen LogP contribution in [0.25, 0.3) is 0 Å². The van der Waals surface area contributed by atoms with Crippen molar-refractivity contribution in [2.75, 3.05) is 11.9 Å². The Kier molecular flexibility index (Phi) is 4.24. The molecular weight excluding hydrogens is 350 g/mol. The van der Waals surface area contributed by atoms with Crippen molar-refractivity contribution in [1.82, 2.24) is 9.29 Å². The second-order valence-corrected chi connectivity index (χ2v) is 8.33. The number of likely N-dealkylation sites (N-methyl/N-ethyl adjacent to an activating group) is 1. The number of aryl methyl sites for hydroxylation is 1. The number of sulfonamides is 1. The SMILES string of the molecule is CCN1C(C(=O)Nc2ncc(C)s2)C(=O)c2ccccc2S1(=O)=O. The predicted molar refractivity (Wildman–Crippen MR) is 89.6 cm³/mol. The summed E-state index contributed by atoms with van der Waals surface area (Å²) in [6.45, 7) is 3.43. The van der Waals surface area contributed by atoms with Crippen molar-refractivity contribution < 1.29 is 18.0 Å². The molecule has 126 valence electrons. The molecule has 1 N–H and O–H groups in total. The molecule has 2 aromatic rings. The van der Waals surface area contributed by atoms with Crippen molar-refractivity contribution in [3.63, 3.8) is 0 Å². The standard InChI is InChI=1S/C15H15N3O4S2/c1-3-18-12(14(20)17-15-16-8-9(2)23-15)13(19)10-6-4-5-7-11(10)24(18,21)22/h4-8,12H,3H2,1-2H3,(H,16,17,20). The minimum atomic E-state index is -3.91. The first-order chi connectivity index (χ1) is 11.4. The first kappa shape index (κ1) is 16.7. The fourth-order valence-corrected chi connectivity index (χ4v) is 5.05. The summed E-state index contributed by atoms with van der Waals surface area (Å²) in [6.07, 6.45) is 1.59. The van der Waals surface area contributed by atoms with E-state index in [1.807, 2.05) is 6.92 Å². The largest absolute Gasteiger partial charge is 0.300 e. The van der Waals surface area contributed by atoms with Gasteiger partial charge >= 0.3 is 0 Å². The molecule has 7 nitrogen and oxygen atoms in total. The second kappa shape index (κ2) is 6.08. The molecule has 1 aromatic heterocycles. The van der Waals surface area contributed by atoms with Crippen LogP contribution in [0.4, 0.5) is 5.13 Å². The predicted octanol–water partition coefficient (Wildman–Crippen LogP) is 1.67. The Hall–Kier alpha value is -2.10. The van der Waals surface area contributed by atoms with E-state index in [4.69, 9.17) is 0 Å². The number of hydrogen-bond acceptors (Lipinski definition) is 6. The third kappa shape index (κ3) is 2.64. The van der Waals surface area contributed by atoms with Gasteiger partial charge in [0.2, 0.25) is 10.0 Å². The Morgan fingerprint density at radius 3 is 2.71 bits per heavy atom. The highest BCUT2D eigenvalue weighted by Crippen LogP contribution is 2.30. The second-order valence-electron chi connectivity index (χ2n) is 5.24. The number of ketones is 1. The smallest absolute Gasteiger partial charge is 0.252 e. The lowest BCUT2D eigenvalue weighted by atomic mass is 10.0. The van der Waals surface area contributed by atoms with Crippen LogP contribution in [0, 0.1) is 6.92 Å². The van der Waals surface area contributed by atoms with Gasteiger partial charge in [0.1, 0.15) is 0 Å². The molecule has 1 unspecified atom stereocenters. The summed E-state index contributed by atoms with van der Waals surface area (Å²) < 4.78 is 26.4. The van der Waals surface area contributed by atoms with E-state index < -0.39 is 27.8 Å². The molecule has 9 heteroatoms. The number of carbonyl (C=O) groups excluding carboxylic acids is 2. The molecular formula is C15H15N3O4S2. The van der Waals surface area contributed by atoms with Crippen LogP contribution < -0.4 is 5.32 Å². The van der Waals surface area contributed by atoms with Gasteiger partial charge in [0.05, 0.1) is 4.90 Å². The van der Waals surface area contributed by atoms with Gasteiger partial charge in [0, 0.05) is 23.2 Å². The molecule has 1 aromatic carbocycles. The zero-order valence-electron chi connectivity index (χ0n) is 13.0. The molecule has 0 aliphatic carbocycles. The summed E-state index contributed by atoms with van der Waals surface area (Å²) in [7, 11) is -3.91. The van der Waals surface area contributed by atoms with E-state index in [2.05, 4.69) is 10.3 Å². The number of anilines is 1. The van der Waals surface area contributed by atoms with Gasteiger partial charge < -0.3 is 5.32 Å². The quantitative estimate of drug-likeness (QED) is 0.835. The number of amides is 1. The average Bonchev–Trinajstić information content (AvgIpc) is 2.95. The van der Waals surface area contributed by atoms with Gasteiger partial charge in [0.15, 0.2) is 17.0 Å². The number of thiazole rings is 1. The maximum Gasteiger partial charge on any atom is 0.252 e. The van der Waals surface area contributed by atoms with Crippen LogP contribution in [-0.2, 0) is 14.8 Å². The molecule has 3 rings (SSSR count). The molecule has 0 saturated heterocycles. The zero-order valence-corrected chi connectivity index (χ0v) is 14.6. The van der Waals surface area contributed by atoms with Crippen LogP contribution >= 0.6 is 11.3 Å². The number of nitrogens with one attached hydrogen (secondary N) is 1. The minimum Gasteiger partial charge on any atom is -0.300 e. The number of benzene rings is 1. The molecule has 0 spiro atoms. The number of rotatable bonds is 3. The maximum atomic E-state index is 12.7. The van der Waals surface area contributed by atoms with Crippen molar-refractivity contribution in [2.24, 2.45) is 0 Å². The monoisotopic (exact) mass is 365 g/mol. The Morgan fingerprint density at radius 1 is 1.38 bits per heavy atom. The van der Waals surface area contributed by atoms with Crippen molar-refractivity contribution in [2.45, 2.75) is 24.8 Å². The fourth-order valence-electron chi connectivity index (χ4n) is 2.63.